The predicted molar refractivity (Wildman–Crippen MR) is 115 cm³/mol. The zero-order chi connectivity index (χ0) is 18.4. The molecular formula is C20H27BrN4S. The van der Waals surface area contributed by atoms with Gasteiger partial charge in [-0.25, -0.2) is 0 Å². The van der Waals surface area contributed by atoms with Gasteiger partial charge >= 0.3 is 0 Å². The van der Waals surface area contributed by atoms with Crippen LogP contribution < -0.4 is 10.6 Å². The summed E-state index contributed by atoms with van der Waals surface area (Å²) >= 11 is 5.34. The van der Waals surface area contributed by atoms with Crippen LogP contribution in [0.1, 0.15) is 29.3 Å². The molecule has 1 saturated heterocycles. The second kappa shape index (κ2) is 9.53. The molecule has 2 aromatic rings. The molecule has 0 bridgehead atoms. The van der Waals surface area contributed by atoms with E-state index in [0.717, 1.165) is 23.5 Å². The highest BCUT2D eigenvalue weighted by Gasteiger charge is 2.31. The Labute approximate surface area is 168 Å². The maximum atomic E-state index is 4.39. The SMILES string of the molecule is CN=C(NCc1ccc(Br)cc1)NCC1CCCN(C)C1c1cccs1. The van der Waals surface area contributed by atoms with E-state index < -0.39 is 0 Å². The van der Waals surface area contributed by atoms with E-state index in [1.807, 2.05) is 18.4 Å². The van der Waals surface area contributed by atoms with Gasteiger partial charge in [-0.1, -0.05) is 34.1 Å². The fraction of sp³-hybridized carbons (Fsp3) is 0.450. The van der Waals surface area contributed by atoms with Crippen molar-refractivity contribution in [2.75, 3.05) is 27.2 Å². The van der Waals surface area contributed by atoms with Gasteiger partial charge in [-0.05, 0) is 61.5 Å². The van der Waals surface area contributed by atoms with E-state index in [1.54, 1.807) is 0 Å². The monoisotopic (exact) mass is 434 g/mol. The van der Waals surface area contributed by atoms with Gasteiger partial charge in [-0.3, -0.25) is 9.89 Å². The van der Waals surface area contributed by atoms with E-state index in [9.17, 15) is 0 Å². The summed E-state index contributed by atoms with van der Waals surface area (Å²) in [6.45, 7) is 2.88. The van der Waals surface area contributed by atoms with E-state index in [-0.39, 0.29) is 0 Å². The number of nitrogens with one attached hydrogen (secondary N) is 2. The van der Waals surface area contributed by atoms with E-state index in [1.165, 1.54) is 29.8 Å². The fourth-order valence-electron chi connectivity index (χ4n) is 3.62. The van der Waals surface area contributed by atoms with Crippen molar-refractivity contribution in [3.05, 3.63) is 56.7 Å². The minimum absolute atomic E-state index is 0.501. The summed E-state index contributed by atoms with van der Waals surface area (Å²) in [6.07, 6.45) is 2.51. The maximum Gasteiger partial charge on any atom is 0.191 e. The zero-order valence-corrected chi connectivity index (χ0v) is 17.8. The average molecular weight is 435 g/mol. The Bertz CT molecular complexity index is 699. The molecule has 2 unspecified atom stereocenters. The van der Waals surface area contributed by atoms with Gasteiger partial charge in [0.15, 0.2) is 5.96 Å². The number of hydrogen-bond donors (Lipinski definition) is 2. The fourth-order valence-corrected chi connectivity index (χ4v) is 4.87. The minimum atomic E-state index is 0.501. The molecule has 1 aliphatic heterocycles. The summed E-state index contributed by atoms with van der Waals surface area (Å²) in [5.74, 6) is 1.46. The summed E-state index contributed by atoms with van der Waals surface area (Å²) in [5, 5.41) is 9.14. The summed E-state index contributed by atoms with van der Waals surface area (Å²) < 4.78 is 1.10. The molecule has 1 aliphatic rings. The normalized spacial score (nSPS) is 21.6. The smallest absolute Gasteiger partial charge is 0.191 e. The van der Waals surface area contributed by atoms with Crippen LogP contribution in [0.3, 0.4) is 0 Å². The van der Waals surface area contributed by atoms with Crippen LogP contribution in [-0.4, -0.2) is 38.0 Å². The lowest BCUT2D eigenvalue weighted by molar-refractivity contribution is 0.125. The first kappa shape index (κ1) is 19.4. The standard InChI is InChI=1S/C20H27BrN4S/c1-22-20(23-13-15-7-9-17(21)10-8-15)24-14-16-5-3-11-25(2)19(16)18-6-4-12-26-18/h4,6-10,12,16,19H,3,5,11,13-14H2,1-2H3,(H2,22,23,24). The van der Waals surface area contributed by atoms with Gasteiger partial charge in [0.25, 0.3) is 0 Å². The molecule has 0 aliphatic carbocycles. The van der Waals surface area contributed by atoms with Gasteiger partial charge in [-0.15, -0.1) is 11.3 Å². The van der Waals surface area contributed by atoms with Crippen molar-refractivity contribution in [3.8, 4) is 0 Å². The highest BCUT2D eigenvalue weighted by atomic mass is 79.9. The summed E-state index contributed by atoms with van der Waals surface area (Å²) in [5.41, 5.74) is 1.24. The van der Waals surface area contributed by atoms with Crippen molar-refractivity contribution < 1.29 is 0 Å². The summed E-state index contributed by atoms with van der Waals surface area (Å²) in [7, 11) is 4.08. The first-order valence-electron chi connectivity index (χ1n) is 9.10. The molecule has 0 amide bonds. The molecule has 2 atom stereocenters. The van der Waals surface area contributed by atoms with Gasteiger partial charge in [-0.2, -0.15) is 0 Å². The second-order valence-electron chi connectivity index (χ2n) is 6.78. The maximum absolute atomic E-state index is 4.39. The Balaban J connectivity index is 1.55. The summed E-state index contributed by atoms with van der Waals surface area (Å²) in [4.78, 5) is 8.36. The van der Waals surface area contributed by atoms with Crippen LogP contribution in [-0.2, 0) is 6.54 Å². The van der Waals surface area contributed by atoms with Crippen LogP contribution in [0.4, 0.5) is 0 Å². The van der Waals surface area contributed by atoms with Crippen molar-refractivity contribution in [1.29, 1.82) is 0 Å². The van der Waals surface area contributed by atoms with Gasteiger partial charge in [0.05, 0.1) is 0 Å². The topological polar surface area (TPSA) is 39.7 Å². The Morgan fingerprint density at radius 2 is 2.08 bits per heavy atom. The number of hydrogen-bond acceptors (Lipinski definition) is 3. The quantitative estimate of drug-likeness (QED) is 0.545. The number of halogens is 1. The van der Waals surface area contributed by atoms with Crippen LogP contribution in [0, 0.1) is 5.92 Å². The number of aliphatic imine (C=N–C) groups is 1. The van der Waals surface area contributed by atoms with E-state index in [2.05, 4.69) is 85.3 Å². The highest BCUT2D eigenvalue weighted by molar-refractivity contribution is 9.10. The van der Waals surface area contributed by atoms with Gasteiger partial charge < -0.3 is 10.6 Å². The Morgan fingerprint density at radius 3 is 2.77 bits per heavy atom. The van der Waals surface area contributed by atoms with Crippen LogP contribution in [0.5, 0.6) is 0 Å². The third-order valence-corrected chi connectivity index (χ3v) is 6.44. The molecule has 26 heavy (non-hydrogen) atoms. The molecule has 0 spiro atoms. The largest absolute Gasteiger partial charge is 0.356 e. The molecule has 4 nitrogen and oxygen atoms in total. The lowest BCUT2D eigenvalue weighted by atomic mass is 9.88. The molecule has 6 heteroatoms. The Hall–Kier alpha value is -1.37. The Morgan fingerprint density at radius 1 is 1.27 bits per heavy atom. The number of thiophene rings is 1. The van der Waals surface area contributed by atoms with Gasteiger partial charge in [0.2, 0.25) is 0 Å². The highest BCUT2D eigenvalue weighted by Crippen LogP contribution is 2.36. The van der Waals surface area contributed by atoms with Crippen LogP contribution in [0.2, 0.25) is 0 Å². The first-order chi connectivity index (χ1) is 12.7. The van der Waals surface area contributed by atoms with Crippen LogP contribution in [0.25, 0.3) is 0 Å². The molecular weight excluding hydrogens is 408 g/mol. The molecule has 140 valence electrons. The number of rotatable bonds is 5. The lowest BCUT2D eigenvalue weighted by Gasteiger charge is -2.39. The first-order valence-corrected chi connectivity index (χ1v) is 10.8. The van der Waals surface area contributed by atoms with E-state index in [0.29, 0.717) is 12.0 Å². The predicted octanol–water partition coefficient (Wildman–Crippen LogP) is 4.26. The molecule has 2 heterocycles. The van der Waals surface area contributed by atoms with Crippen molar-refractivity contribution in [2.24, 2.45) is 10.9 Å². The molecule has 1 fully saturated rings. The Kier molecular flexibility index (Phi) is 7.11. The molecule has 2 N–H and O–H groups in total. The van der Waals surface area contributed by atoms with Crippen molar-refractivity contribution in [3.63, 3.8) is 0 Å². The molecule has 0 saturated carbocycles. The number of nitrogens with zero attached hydrogens (tertiary/aromatic N) is 2. The van der Waals surface area contributed by atoms with E-state index in [4.69, 9.17) is 0 Å². The van der Waals surface area contributed by atoms with Crippen molar-refractivity contribution in [2.45, 2.75) is 25.4 Å². The number of likely N-dealkylation sites (tertiary alicyclic amines) is 1. The summed E-state index contributed by atoms with van der Waals surface area (Å²) in [6, 6.07) is 13.3. The van der Waals surface area contributed by atoms with E-state index >= 15 is 0 Å². The van der Waals surface area contributed by atoms with Gasteiger partial charge in [0, 0.05) is 35.5 Å². The molecule has 1 aromatic heterocycles. The van der Waals surface area contributed by atoms with Gasteiger partial charge in [0.1, 0.15) is 0 Å². The second-order valence-corrected chi connectivity index (χ2v) is 8.67. The van der Waals surface area contributed by atoms with Crippen LogP contribution in [0.15, 0.2) is 51.2 Å². The zero-order valence-electron chi connectivity index (χ0n) is 15.4. The molecule has 0 radical (unpaired) electrons. The number of guanidine groups is 1. The number of piperidine rings is 1. The molecule has 3 rings (SSSR count). The minimum Gasteiger partial charge on any atom is -0.356 e. The van der Waals surface area contributed by atoms with Crippen LogP contribution >= 0.6 is 27.3 Å². The number of benzene rings is 1. The molecule has 1 aromatic carbocycles. The van der Waals surface area contributed by atoms with Crippen molar-refractivity contribution in [1.82, 2.24) is 15.5 Å². The lowest BCUT2D eigenvalue weighted by Crippen LogP contribution is -2.44. The average Bonchev–Trinajstić information content (AvgIpc) is 3.17. The third-order valence-electron chi connectivity index (χ3n) is 4.97. The van der Waals surface area contributed by atoms with Crippen molar-refractivity contribution >= 4 is 33.2 Å². The third kappa shape index (κ3) is 5.09.